The molecule has 2 aromatic heterocycles. The molecule has 22 heavy (non-hydrogen) atoms. The maximum Gasteiger partial charge on any atom is 0.191 e. The Morgan fingerprint density at radius 1 is 1.32 bits per heavy atom. The van der Waals surface area contributed by atoms with Crippen LogP contribution < -0.4 is 15.5 Å². The minimum absolute atomic E-state index is 0.646. The van der Waals surface area contributed by atoms with Crippen LogP contribution in [0.1, 0.15) is 22.8 Å². The molecule has 0 atom stereocenters. The number of aromatic nitrogens is 1. The van der Waals surface area contributed by atoms with Crippen LogP contribution in [0.25, 0.3) is 0 Å². The van der Waals surface area contributed by atoms with Gasteiger partial charge in [0.05, 0.1) is 12.2 Å². The summed E-state index contributed by atoms with van der Waals surface area (Å²) in [5.74, 6) is 2.61. The second-order valence-corrected chi connectivity index (χ2v) is 6.07. The van der Waals surface area contributed by atoms with Crippen LogP contribution in [0.2, 0.25) is 0 Å². The van der Waals surface area contributed by atoms with Gasteiger partial charge in [-0.1, -0.05) is 0 Å². The minimum Gasteiger partial charge on any atom is -0.466 e. The highest BCUT2D eigenvalue weighted by molar-refractivity contribution is 7.13. The van der Waals surface area contributed by atoms with Gasteiger partial charge in [-0.3, -0.25) is 4.99 Å². The summed E-state index contributed by atoms with van der Waals surface area (Å²) < 4.78 is 5.52. The maximum atomic E-state index is 5.52. The summed E-state index contributed by atoms with van der Waals surface area (Å²) in [4.78, 5) is 10.8. The van der Waals surface area contributed by atoms with E-state index in [2.05, 4.69) is 26.0 Å². The molecular weight excluding hydrogens is 298 g/mol. The Labute approximate surface area is 135 Å². The first-order chi connectivity index (χ1) is 10.5. The van der Waals surface area contributed by atoms with Crippen molar-refractivity contribution in [2.75, 3.05) is 26.0 Å². The normalized spacial score (nSPS) is 11.6. The lowest BCUT2D eigenvalue weighted by atomic mass is 10.2. The minimum atomic E-state index is 0.646. The summed E-state index contributed by atoms with van der Waals surface area (Å²) >= 11 is 1.63. The number of thiazole rings is 1. The molecule has 7 heteroatoms. The SMILES string of the molecule is CN=C(NCc1csc(N(C)C)n1)NCc1cc(C)oc1C. The number of aryl methyl sites for hydroxylation is 2. The third-order valence-electron chi connectivity index (χ3n) is 3.17. The molecule has 0 aliphatic heterocycles. The van der Waals surface area contributed by atoms with Crippen LogP contribution in [-0.4, -0.2) is 32.1 Å². The number of guanidine groups is 1. The van der Waals surface area contributed by atoms with E-state index in [1.165, 1.54) is 0 Å². The largest absolute Gasteiger partial charge is 0.466 e. The molecule has 0 aliphatic rings. The molecule has 0 spiro atoms. The third kappa shape index (κ3) is 4.24. The van der Waals surface area contributed by atoms with Gasteiger partial charge in [0.1, 0.15) is 11.5 Å². The van der Waals surface area contributed by atoms with Crippen molar-refractivity contribution in [2.45, 2.75) is 26.9 Å². The van der Waals surface area contributed by atoms with Gasteiger partial charge in [-0.15, -0.1) is 11.3 Å². The van der Waals surface area contributed by atoms with Crippen molar-refractivity contribution in [3.8, 4) is 0 Å². The maximum absolute atomic E-state index is 5.52. The number of anilines is 1. The van der Waals surface area contributed by atoms with Crippen molar-refractivity contribution in [1.29, 1.82) is 0 Å². The fourth-order valence-electron chi connectivity index (χ4n) is 2.02. The first kappa shape index (κ1) is 16.4. The van der Waals surface area contributed by atoms with Crippen molar-refractivity contribution < 1.29 is 4.42 Å². The summed E-state index contributed by atoms with van der Waals surface area (Å²) in [5, 5.41) is 9.61. The van der Waals surface area contributed by atoms with Crippen molar-refractivity contribution in [1.82, 2.24) is 15.6 Å². The first-order valence-electron chi connectivity index (χ1n) is 7.11. The van der Waals surface area contributed by atoms with Gasteiger partial charge >= 0.3 is 0 Å². The van der Waals surface area contributed by atoms with Gasteiger partial charge in [0.15, 0.2) is 11.1 Å². The smallest absolute Gasteiger partial charge is 0.191 e. The molecule has 120 valence electrons. The predicted octanol–water partition coefficient (Wildman–Crippen LogP) is 2.28. The second-order valence-electron chi connectivity index (χ2n) is 5.23. The fourth-order valence-corrected chi connectivity index (χ4v) is 2.77. The number of furan rings is 1. The van der Waals surface area contributed by atoms with E-state index in [0.29, 0.717) is 13.1 Å². The summed E-state index contributed by atoms with van der Waals surface area (Å²) in [6, 6.07) is 2.04. The van der Waals surface area contributed by atoms with Crippen LogP contribution in [0, 0.1) is 13.8 Å². The zero-order valence-electron chi connectivity index (χ0n) is 13.7. The molecule has 0 saturated heterocycles. The number of nitrogens with zero attached hydrogens (tertiary/aromatic N) is 3. The Bertz CT molecular complexity index is 644. The first-order valence-corrected chi connectivity index (χ1v) is 7.99. The van der Waals surface area contributed by atoms with Gasteiger partial charge in [-0.25, -0.2) is 4.98 Å². The Morgan fingerprint density at radius 2 is 2.05 bits per heavy atom. The molecule has 2 heterocycles. The lowest BCUT2D eigenvalue weighted by molar-refractivity contribution is 0.500. The summed E-state index contributed by atoms with van der Waals surface area (Å²) in [5.41, 5.74) is 2.15. The van der Waals surface area contributed by atoms with E-state index in [4.69, 9.17) is 4.42 Å². The zero-order valence-corrected chi connectivity index (χ0v) is 14.5. The van der Waals surface area contributed by atoms with E-state index in [0.717, 1.165) is 33.9 Å². The quantitative estimate of drug-likeness (QED) is 0.653. The lowest BCUT2D eigenvalue weighted by Gasteiger charge is -2.10. The second kappa shape index (κ2) is 7.31. The van der Waals surface area contributed by atoms with Crippen molar-refractivity contribution in [3.05, 3.63) is 34.2 Å². The lowest BCUT2D eigenvalue weighted by Crippen LogP contribution is -2.36. The Morgan fingerprint density at radius 3 is 2.59 bits per heavy atom. The number of hydrogen-bond donors (Lipinski definition) is 2. The van der Waals surface area contributed by atoms with Gasteiger partial charge in [-0.05, 0) is 19.9 Å². The number of hydrogen-bond acceptors (Lipinski definition) is 5. The topological polar surface area (TPSA) is 65.7 Å². The van der Waals surface area contributed by atoms with Crippen LogP contribution in [0.3, 0.4) is 0 Å². The van der Waals surface area contributed by atoms with Crippen molar-refractivity contribution in [2.24, 2.45) is 4.99 Å². The van der Waals surface area contributed by atoms with E-state index in [1.54, 1.807) is 18.4 Å². The van der Waals surface area contributed by atoms with E-state index < -0.39 is 0 Å². The summed E-state index contributed by atoms with van der Waals surface area (Å²) in [7, 11) is 5.74. The predicted molar refractivity (Wildman–Crippen MR) is 91.7 cm³/mol. The van der Waals surface area contributed by atoms with Gasteiger partial charge in [-0.2, -0.15) is 0 Å². The molecule has 6 nitrogen and oxygen atoms in total. The Balaban J connectivity index is 1.86. The molecule has 0 saturated carbocycles. The van der Waals surface area contributed by atoms with Crippen LogP contribution in [-0.2, 0) is 13.1 Å². The molecular formula is C15H23N5OS. The number of rotatable bonds is 5. The monoisotopic (exact) mass is 321 g/mol. The summed E-state index contributed by atoms with van der Waals surface area (Å²) in [6.07, 6.45) is 0. The molecule has 0 radical (unpaired) electrons. The molecule has 2 rings (SSSR count). The zero-order chi connectivity index (χ0) is 16.1. The summed E-state index contributed by atoms with van der Waals surface area (Å²) in [6.45, 7) is 5.25. The molecule has 0 unspecified atom stereocenters. The van der Waals surface area contributed by atoms with Crippen molar-refractivity contribution in [3.63, 3.8) is 0 Å². The number of aliphatic imine (C=N–C) groups is 1. The molecule has 0 aromatic carbocycles. The van der Waals surface area contributed by atoms with Crippen molar-refractivity contribution >= 4 is 22.4 Å². The highest BCUT2D eigenvalue weighted by Crippen LogP contribution is 2.17. The third-order valence-corrected chi connectivity index (χ3v) is 4.23. The van der Waals surface area contributed by atoms with E-state index in [1.807, 2.05) is 38.9 Å². The fraction of sp³-hybridized carbons (Fsp3) is 0.467. The van der Waals surface area contributed by atoms with E-state index in [-0.39, 0.29) is 0 Å². The average Bonchev–Trinajstić information content (AvgIpc) is 3.06. The van der Waals surface area contributed by atoms with Gasteiger partial charge in [0.2, 0.25) is 0 Å². The highest BCUT2D eigenvalue weighted by Gasteiger charge is 2.07. The Hall–Kier alpha value is -2.02. The van der Waals surface area contributed by atoms with Crippen LogP contribution in [0.4, 0.5) is 5.13 Å². The van der Waals surface area contributed by atoms with E-state index in [9.17, 15) is 0 Å². The Kier molecular flexibility index (Phi) is 5.43. The van der Waals surface area contributed by atoms with Gasteiger partial charge in [0.25, 0.3) is 0 Å². The van der Waals surface area contributed by atoms with Gasteiger partial charge in [0, 0.05) is 38.6 Å². The molecule has 2 aromatic rings. The molecule has 0 bridgehead atoms. The molecule has 0 amide bonds. The van der Waals surface area contributed by atoms with Gasteiger partial charge < -0.3 is 20.0 Å². The highest BCUT2D eigenvalue weighted by atomic mass is 32.1. The van der Waals surface area contributed by atoms with Crippen LogP contribution in [0.15, 0.2) is 20.9 Å². The molecule has 2 N–H and O–H groups in total. The number of nitrogens with one attached hydrogen (secondary N) is 2. The van der Waals surface area contributed by atoms with Crippen LogP contribution in [0.5, 0.6) is 0 Å². The standard InChI is InChI=1S/C15H23N5OS/c1-10-6-12(11(2)21-10)7-17-14(16-3)18-8-13-9-22-15(19-13)20(4)5/h6,9H,7-8H2,1-5H3,(H2,16,17,18). The average molecular weight is 321 g/mol. The molecule has 0 aliphatic carbocycles. The van der Waals surface area contributed by atoms with Crippen LogP contribution >= 0.6 is 11.3 Å². The molecule has 0 fully saturated rings. The van der Waals surface area contributed by atoms with E-state index >= 15 is 0 Å².